The standard InChI is InChI=1S/C41H52N2O3/c44-35-21-20-33-28-36-41(45)23-22-34(39-40(41,37(33)38(35)46-39)24-27-43(36)29-32-18-19-32)42(26-11-17-31-15-8-4-9-16-31)25-10-2-1-5-12-30-13-6-3-7-14-30/h3-4,6-9,13-16,20-21,32,34,36,39,44-45H,1-2,5,10-12,17-19,22-29H2/t34?,36-,39?,40+,41-/m1/s1. The van der Waals surface area contributed by atoms with E-state index in [2.05, 4.69) is 76.5 Å². The first kappa shape index (κ1) is 30.5. The summed E-state index contributed by atoms with van der Waals surface area (Å²) in [7, 11) is 0. The third kappa shape index (κ3) is 5.37. The summed E-state index contributed by atoms with van der Waals surface area (Å²) in [6.45, 7) is 4.23. The molecule has 5 nitrogen and oxygen atoms in total. The molecule has 1 saturated heterocycles. The van der Waals surface area contributed by atoms with Gasteiger partial charge < -0.3 is 14.9 Å². The van der Waals surface area contributed by atoms with Gasteiger partial charge in [-0.2, -0.15) is 0 Å². The van der Waals surface area contributed by atoms with E-state index < -0.39 is 11.0 Å². The second kappa shape index (κ2) is 12.6. The molecular formula is C41H52N2O3. The number of aliphatic hydroxyl groups is 1. The number of unbranched alkanes of at least 4 members (excludes halogenated alkanes) is 3. The highest BCUT2D eigenvalue weighted by Crippen LogP contribution is 2.66. The first-order valence-electron chi connectivity index (χ1n) is 18.4. The van der Waals surface area contributed by atoms with Crippen LogP contribution in [0.1, 0.15) is 86.5 Å². The van der Waals surface area contributed by atoms with E-state index in [9.17, 15) is 10.2 Å². The van der Waals surface area contributed by atoms with Gasteiger partial charge in [-0.05, 0) is 119 Å². The van der Waals surface area contributed by atoms with E-state index in [1.165, 1.54) is 55.2 Å². The summed E-state index contributed by atoms with van der Waals surface area (Å²) in [5.41, 5.74) is 4.01. The number of ether oxygens (including phenoxy) is 1. The zero-order valence-electron chi connectivity index (χ0n) is 27.5. The van der Waals surface area contributed by atoms with E-state index in [-0.39, 0.29) is 23.9 Å². The predicted octanol–water partition coefficient (Wildman–Crippen LogP) is 7.06. The minimum Gasteiger partial charge on any atom is -0.504 e. The summed E-state index contributed by atoms with van der Waals surface area (Å²) in [6, 6.07) is 26.1. The number of nitrogens with zero attached hydrogens (tertiary/aromatic N) is 2. The van der Waals surface area contributed by atoms with Gasteiger partial charge in [0, 0.05) is 24.2 Å². The quantitative estimate of drug-likeness (QED) is 0.189. The molecule has 0 amide bonds. The van der Waals surface area contributed by atoms with E-state index in [0.29, 0.717) is 5.75 Å². The molecule has 2 saturated carbocycles. The minimum absolute atomic E-state index is 0.131. The van der Waals surface area contributed by atoms with Crippen LogP contribution < -0.4 is 4.74 Å². The highest BCUT2D eigenvalue weighted by Gasteiger charge is 2.73. The first-order valence-corrected chi connectivity index (χ1v) is 18.4. The maximum Gasteiger partial charge on any atom is 0.165 e. The fourth-order valence-electron chi connectivity index (χ4n) is 10.0. The average molecular weight is 621 g/mol. The van der Waals surface area contributed by atoms with Crippen LogP contribution in [-0.4, -0.2) is 70.0 Å². The average Bonchev–Trinajstić information content (AvgIpc) is 3.82. The molecule has 8 rings (SSSR count). The molecule has 2 aliphatic heterocycles. The summed E-state index contributed by atoms with van der Waals surface area (Å²) in [5.74, 6) is 1.72. The molecule has 3 aliphatic carbocycles. The fourth-order valence-corrected chi connectivity index (χ4v) is 10.0. The predicted molar refractivity (Wildman–Crippen MR) is 184 cm³/mol. The van der Waals surface area contributed by atoms with E-state index in [1.54, 1.807) is 0 Å². The summed E-state index contributed by atoms with van der Waals surface area (Å²) in [6.07, 6.45) is 14.3. The van der Waals surface area contributed by atoms with Crippen molar-refractivity contribution in [3.05, 3.63) is 95.1 Å². The maximum absolute atomic E-state index is 13.0. The van der Waals surface area contributed by atoms with Crippen LogP contribution in [-0.2, 0) is 24.7 Å². The molecule has 2 N–H and O–H groups in total. The number of rotatable bonds is 14. The Morgan fingerprint density at radius 1 is 0.783 bits per heavy atom. The second-order valence-electron chi connectivity index (χ2n) is 15.2. The Hall–Kier alpha value is -2.86. The molecule has 2 unspecified atom stereocenters. The van der Waals surface area contributed by atoms with Crippen molar-refractivity contribution >= 4 is 0 Å². The van der Waals surface area contributed by atoms with Crippen LogP contribution >= 0.6 is 0 Å². The number of phenolic OH excluding ortho intramolecular Hbond substituents is 1. The van der Waals surface area contributed by atoms with E-state index in [4.69, 9.17) is 4.74 Å². The lowest BCUT2D eigenvalue weighted by molar-refractivity contribution is -0.200. The fraction of sp³-hybridized carbons (Fsp3) is 0.561. The van der Waals surface area contributed by atoms with Crippen LogP contribution in [0.25, 0.3) is 0 Å². The maximum atomic E-state index is 13.0. The second-order valence-corrected chi connectivity index (χ2v) is 15.2. The molecular weight excluding hydrogens is 568 g/mol. The van der Waals surface area contributed by atoms with Gasteiger partial charge in [0.1, 0.15) is 6.10 Å². The van der Waals surface area contributed by atoms with Gasteiger partial charge in [0.05, 0.1) is 11.0 Å². The number of aryl methyl sites for hydroxylation is 2. The molecule has 5 atom stereocenters. The van der Waals surface area contributed by atoms with Gasteiger partial charge in [0.2, 0.25) is 0 Å². The number of hydrogen-bond acceptors (Lipinski definition) is 5. The first-order chi connectivity index (χ1) is 22.6. The molecule has 0 radical (unpaired) electrons. The number of benzene rings is 3. The third-order valence-electron chi connectivity index (χ3n) is 12.5. The third-order valence-corrected chi connectivity index (χ3v) is 12.5. The zero-order chi connectivity index (χ0) is 31.1. The summed E-state index contributed by atoms with van der Waals surface area (Å²) in [4.78, 5) is 5.38. The van der Waals surface area contributed by atoms with Gasteiger partial charge in [0.25, 0.3) is 0 Å². The van der Waals surface area contributed by atoms with Gasteiger partial charge >= 0.3 is 0 Å². The Kier molecular flexibility index (Phi) is 8.37. The van der Waals surface area contributed by atoms with Crippen LogP contribution in [0.2, 0.25) is 0 Å². The molecule has 46 heavy (non-hydrogen) atoms. The van der Waals surface area contributed by atoms with E-state index in [0.717, 1.165) is 82.6 Å². The van der Waals surface area contributed by atoms with E-state index >= 15 is 0 Å². The van der Waals surface area contributed by atoms with Gasteiger partial charge in [-0.3, -0.25) is 9.80 Å². The van der Waals surface area contributed by atoms with Crippen molar-refractivity contribution in [1.82, 2.24) is 9.80 Å². The number of hydrogen-bond donors (Lipinski definition) is 2. The lowest BCUT2D eigenvalue weighted by Gasteiger charge is -2.65. The van der Waals surface area contributed by atoms with Crippen LogP contribution in [0, 0.1) is 5.92 Å². The zero-order valence-corrected chi connectivity index (χ0v) is 27.5. The summed E-state index contributed by atoms with van der Waals surface area (Å²) >= 11 is 0. The van der Waals surface area contributed by atoms with Crippen molar-refractivity contribution in [3.8, 4) is 11.5 Å². The molecule has 2 heterocycles. The highest BCUT2D eigenvalue weighted by atomic mass is 16.5. The Morgan fingerprint density at radius 3 is 2.22 bits per heavy atom. The summed E-state index contributed by atoms with van der Waals surface area (Å²) < 4.78 is 6.99. The molecule has 3 aromatic rings. The molecule has 1 spiro atoms. The van der Waals surface area contributed by atoms with Crippen LogP contribution in [0.3, 0.4) is 0 Å². The number of piperidine rings is 1. The largest absolute Gasteiger partial charge is 0.504 e. The van der Waals surface area contributed by atoms with Crippen molar-refractivity contribution in [3.63, 3.8) is 0 Å². The lowest BCUT2D eigenvalue weighted by Crippen LogP contribution is -2.78. The Bertz CT molecular complexity index is 1490. The molecule has 3 aromatic carbocycles. The van der Waals surface area contributed by atoms with Crippen LogP contribution in [0.5, 0.6) is 11.5 Å². The molecule has 3 fully saturated rings. The van der Waals surface area contributed by atoms with Gasteiger partial charge in [0.15, 0.2) is 11.5 Å². The topological polar surface area (TPSA) is 56.2 Å². The van der Waals surface area contributed by atoms with Crippen LogP contribution in [0.4, 0.5) is 0 Å². The van der Waals surface area contributed by atoms with Gasteiger partial charge in [-0.1, -0.05) is 79.6 Å². The number of aromatic hydroxyl groups is 1. The number of likely N-dealkylation sites (tertiary alicyclic amines) is 1. The minimum atomic E-state index is -0.819. The van der Waals surface area contributed by atoms with Crippen molar-refractivity contribution in [1.29, 1.82) is 0 Å². The number of phenols is 1. The van der Waals surface area contributed by atoms with Crippen molar-refractivity contribution in [2.24, 2.45) is 5.92 Å². The molecule has 2 bridgehead atoms. The van der Waals surface area contributed by atoms with Gasteiger partial charge in [-0.25, -0.2) is 0 Å². The molecule has 5 aliphatic rings. The highest BCUT2D eigenvalue weighted by molar-refractivity contribution is 5.62. The Balaban J connectivity index is 1.03. The molecule has 244 valence electrons. The van der Waals surface area contributed by atoms with Crippen molar-refractivity contribution < 1.29 is 14.9 Å². The van der Waals surface area contributed by atoms with Crippen LogP contribution in [0.15, 0.2) is 72.8 Å². The monoisotopic (exact) mass is 620 g/mol. The SMILES string of the molecule is Oc1ccc2c3c1OC1C(N(CCCCCCc4ccccc4)CCCc4ccccc4)CC[C@@]4(O)[C@@H](C2)N(CC2CC2)CC[C@]314. The smallest absolute Gasteiger partial charge is 0.165 e. The Morgan fingerprint density at radius 2 is 1.48 bits per heavy atom. The van der Waals surface area contributed by atoms with Crippen molar-refractivity contribution in [2.45, 2.75) is 113 Å². The summed E-state index contributed by atoms with van der Waals surface area (Å²) in [5, 5.41) is 24.1. The Labute approximate surface area is 275 Å². The molecule has 0 aromatic heterocycles. The van der Waals surface area contributed by atoms with Crippen molar-refractivity contribution in [2.75, 3.05) is 26.2 Å². The normalized spacial score (nSPS) is 29.5. The lowest BCUT2D eigenvalue weighted by atomic mass is 9.48. The van der Waals surface area contributed by atoms with Gasteiger partial charge in [-0.15, -0.1) is 0 Å². The van der Waals surface area contributed by atoms with E-state index in [1.807, 2.05) is 6.07 Å². The molecule has 5 heteroatoms.